The third-order valence-corrected chi connectivity index (χ3v) is 5.03. The van der Waals surface area contributed by atoms with E-state index in [0.717, 1.165) is 5.56 Å². The molecule has 0 unspecified atom stereocenters. The first kappa shape index (κ1) is 17.8. The van der Waals surface area contributed by atoms with E-state index in [9.17, 15) is 9.59 Å². The first-order chi connectivity index (χ1) is 13.6. The van der Waals surface area contributed by atoms with E-state index >= 15 is 0 Å². The number of aromatic amines is 2. The molecule has 2 aromatic heterocycles. The standard InChI is InChI=1S/C19H16N4O4S/c1-26-15-6-3-10(7-16(15)27-2)18-21-14(9-28-18)17(24)20-11-4-5-12-13(8-11)23-19(25)22-12/h3-9H,1-2H3,(H,20,24)(H2,22,23,25). The van der Waals surface area contributed by atoms with Gasteiger partial charge in [-0.25, -0.2) is 9.78 Å². The Balaban J connectivity index is 1.56. The summed E-state index contributed by atoms with van der Waals surface area (Å²) in [6.07, 6.45) is 0. The highest BCUT2D eigenvalue weighted by atomic mass is 32.1. The summed E-state index contributed by atoms with van der Waals surface area (Å²) >= 11 is 1.36. The molecule has 0 aliphatic rings. The van der Waals surface area contributed by atoms with Crippen molar-refractivity contribution < 1.29 is 14.3 Å². The quantitative estimate of drug-likeness (QED) is 0.480. The van der Waals surface area contributed by atoms with Crippen LogP contribution in [-0.4, -0.2) is 35.1 Å². The minimum Gasteiger partial charge on any atom is -0.493 e. The molecule has 0 aliphatic heterocycles. The van der Waals surface area contributed by atoms with Crippen LogP contribution in [0.4, 0.5) is 5.69 Å². The van der Waals surface area contributed by atoms with Gasteiger partial charge in [-0.2, -0.15) is 0 Å². The van der Waals surface area contributed by atoms with Crippen LogP contribution in [0.5, 0.6) is 11.5 Å². The second-order valence-corrected chi connectivity index (χ2v) is 6.76. The zero-order valence-corrected chi connectivity index (χ0v) is 15.8. The Morgan fingerprint density at radius 1 is 1.04 bits per heavy atom. The van der Waals surface area contributed by atoms with Gasteiger partial charge in [0.05, 0.1) is 25.3 Å². The maximum absolute atomic E-state index is 12.5. The molecule has 3 N–H and O–H groups in total. The number of rotatable bonds is 5. The van der Waals surface area contributed by atoms with Crippen molar-refractivity contribution in [1.29, 1.82) is 0 Å². The second-order valence-electron chi connectivity index (χ2n) is 5.90. The molecular weight excluding hydrogens is 380 g/mol. The maximum Gasteiger partial charge on any atom is 0.323 e. The molecule has 2 heterocycles. The average Bonchev–Trinajstić information content (AvgIpc) is 3.33. The lowest BCUT2D eigenvalue weighted by Crippen LogP contribution is -2.12. The lowest BCUT2D eigenvalue weighted by Gasteiger charge is -2.08. The molecule has 8 nitrogen and oxygen atoms in total. The lowest BCUT2D eigenvalue weighted by atomic mass is 10.2. The molecule has 0 saturated heterocycles. The molecule has 1 amide bonds. The van der Waals surface area contributed by atoms with E-state index < -0.39 is 0 Å². The predicted molar refractivity (Wildman–Crippen MR) is 108 cm³/mol. The van der Waals surface area contributed by atoms with Crippen LogP contribution in [0.2, 0.25) is 0 Å². The SMILES string of the molecule is COc1ccc(-c2nc(C(=O)Nc3ccc4[nH]c(=O)[nH]c4c3)cs2)cc1OC. The Morgan fingerprint density at radius 2 is 1.82 bits per heavy atom. The number of nitrogens with one attached hydrogen (secondary N) is 3. The normalized spacial score (nSPS) is 10.8. The van der Waals surface area contributed by atoms with Crippen molar-refractivity contribution in [2.75, 3.05) is 19.5 Å². The first-order valence-electron chi connectivity index (χ1n) is 8.28. The topological polar surface area (TPSA) is 109 Å². The fourth-order valence-corrected chi connectivity index (χ4v) is 3.58. The monoisotopic (exact) mass is 396 g/mol. The molecule has 142 valence electrons. The van der Waals surface area contributed by atoms with Crippen molar-refractivity contribution in [3.05, 3.63) is 58.0 Å². The van der Waals surface area contributed by atoms with E-state index in [-0.39, 0.29) is 11.6 Å². The molecule has 0 atom stereocenters. The van der Waals surface area contributed by atoms with Gasteiger partial charge in [0, 0.05) is 16.6 Å². The van der Waals surface area contributed by atoms with Gasteiger partial charge in [0.2, 0.25) is 0 Å². The minimum absolute atomic E-state index is 0.294. The number of ether oxygens (including phenoxy) is 2. The van der Waals surface area contributed by atoms with Gasteiger partial charge in [0.1, 0.15) is 10.7 Å². The summed E-state index contributed by atoms with van der Waals surface area (Å²) in [6, 6.07) is 10.6. The number of hydrogen-bond donors (Lipinski definition) is 3. The van der Waals surface area contributed by atoms with Crippen LogP contribution in [0.25, 0.3) is 21.6 Å². The van der Waals surface area contributed by atoms with Gasteiger partial charge in [-0.1, -0.05) is 0 Å². The van der Waals surface area contributed by atoms with Gasteiger partial charge in [-0.3, -0.25) is 4.79 Å². The zero-order valence-electron chi connectivity index (χ0n) is 15.0. The molecular formula is C19H16N4O4S. The Morgan fingerprint density at radius 3 is 2.61 bits per heavy atom. The van der Waals surface area contributed by atoms with Crippen molar-refractivity contribution in [2.45, 2.75) is 0 Å². The molecule has 9 heteroatoms. The zero-order chi connectivity index (χ0) is 19.7. The highest BCUT2D eigenvalue weighted by Gasteiger charge is 2.14. The summed E-state index contributed by atoms with van der Waals surface area (Å²) in [6.45, 7) is 0. The van der Waals surface area contributed by atoms with Gasteiger partial charge in [0.15, 0.2) is 11.5 Å². The number of thiazole rings is 1. The predicted octanol–water partition coefficient (Wildman–Crippen LogP) is 3.25. The van der Waals surface area contributed by atoms with Crippen LogP contribution in [0, 0.1) is 0 Å². The van der Waals surface area contributed by atoms with Crippen molar-refractivity contribution in [3.8, 4) is 22.1 Å². The number of fused-ring (bicyclic) bond motifs is 1. The van der Waals surface area contributed by atoms with Crippen LogP contribution < -0.4 is 20.5 Å². The van der Waals surface area contributed by atoms with Gasteiger partial charge < -0.3 is 24.8 Å². The number of imidazole rings is 1. The third kappa shape index (κ3) is 3.35. The highest BCUT2D eigenvalue weighted by Crippen LogP contribution is 2.33. The fraction of sp³-hybridized carbons (Fsp3) is 0.105. The van der Waals surface area contributed by atoms with E-state index in [0.29, 0.717) is 38.9 Å². The number of methoxy groups -OCH3 is 2. The van der Waals surface area contributed by atoms with Crippen LogP contribution >= 0.6 is 11.3 Å². The molecule has 0 spiro atoms. The van der Waals surface area contributed by atoms with E-state index in [2.05, 4.69) is 20.3 Å². The summed E-state index contributed by atoms with van der Waals surface area (Å²) in [7, 11) is 3.14. The Labute approximate surface area is 163 Å². The van der Waals surface area contributed by atoms with Crippen molar-refractivity contribution in [3.63, 3.8) is 0 Å². The first-order valence-corrected chi connectivity index (χ1v) is 9.16. The number of benzene rings is 2. The number of hydrogen-bond acceptors (Lipinski definition) is 6. The summed E-state index contributed by atoms with van der Waals surface area (Å²) in [5.74, 6) is 0.883. The molecule has 4 aromatic rings. The van der Waals surface area contributed by atoms with Crippen LogP contribution in [-0.2, 0) is 0 Å². The number of carbonyl (C=O) groups is 1. The third-order valence-electron chi connectivity index (χ3n) is 4.14. The Hall–Kier alpha value is -3.59. The number of H-pyrrole nitrogens is 2. The molecule has 0 radical (unpaired) electrons. The molecule has 0 aliphatic carbocycles. The summed E-state index contributed by atoms with van der Waals surface area (Å²) < 4.78 is 10.6. The number of anilines is 1. The van der Waals surface area contributed by atoms with Crippen LogP contribution in [0.1, 0.15) is 10.5 Å². The van der Waals surface area contributed by atoms with Gasteiger partial charge in [0.25, 0.3) is 5.91 Å². The lowest BCUT2D eigenvalue weighted by molar-refractivity contribution is 0.102. The van der Waals surface area contributed by atoms with Gasteiger partial charge in [-0.15, -0.1) is 11.3 Å². The summed E-state index contributed by atoms with van der Waals surface area (Å²) in [5, 5.41) is 5.17. The molecule has 0 bridgehead atoms. The number of aromatic nitrogens is 3. The van der Waals surface area contributed by atoms with E-state index in [4.69, 9.17) is 9.47 Å². The van der Waals surface area contributed by atoms with E-state index in [1.807, 2.05) is 12.1 Å². The fourth-order valence-electron chi connectivity index (χ4n) is 2.79. The largest absolute Gasteiger partial charge is 0.493 e. The van der Waals surface area contributed by atoms with Crippen molar-refractivity contribution in [2.24, 2.45) is 0 Å². The summed E-state index contributed by atoms with van der Waals surface area (Å²) in [5.41, 5.74) is 2.69. The molecule has 0 saturated carbocycles. The van der Waals surface area contributed by atoms with Crippen LogP contribution in [0.15, 0.2) is 46.6 Å². The molecule has 0 fully saturated rings. The molecule has 28 heavy (non-hydrogen) atoms. The average molecular weight is 396 g/mol. The summed E-state index contributed by atoms with van der Waals surface area (Å²) in [4.78, 5) is 33.6. The van der Waals surface area contributed by atoms with E-state index in [1.165, 1.54) is 11.3 Å². The number of carbonyl (C=O) groups excluding carboxylic acids is 1. The Bertz CT molecular complexity index is 1220. The highest BCUT2D eigenvalue weighted by molar-refractivity contribution is 7.13. The maximum atomic E-state index is 12.5. The van der Waals surface area contributed by atoms with Crippen molar-refractivity contribution in [1.82, 2.24) is 15.0 Å². The molecule has 4 rings (SSSR count). The smallest absolute Gasteiger partial charge is 0.323 e. The van der Waals surface area contributed by atoms with E-state index in [1.54, 1.807) is 43.9 Å². The van der Waals surface area contributed by atoms with Gasteiger partial charge in [-0.05, 0) is 36.4 Å². The number of nitrogens with zero attached hydrogens (tertiary/aromatic N) is 1. The number of amides is 1. The second kappa shape index (κ2) is 7.20. The van der Waals surface area contributed by atoms with Gasteiger partial charge >= 0.3 is 5.69 Å². The minimum atomic E-state index is -0.333. The Kier molecular flexibility index (Phi) is 4.58. The van der Waals surface area contributed by atoms with Crippen LogP contribution in [0.3, 0.4) is 0 Å². The molecule has 2 aromatic carbocycles. The van der Waals surface area contributed by atoms with Crippen molar-refractivity contribution >= 4 is 34.0 Å².